The van der Waals surface area contributed by atoms with Crippen molar-refractivity contribution in [2.24, 2.45) is 0 Å². The van der Waals surface area contributed by atoms with Crippen LogP contribution in [-0.2, 0) is 9.53 Å². The van der Waals surface area contributed by atoms with E-state index in [4.69, 9.17) is 4.74 Å². The van der Waals surface area contributed by atoms with E-state index in [9.17, 15) is 9.59 Å². The summed E-state index contributed by atoms with van der Waals surface area (Å²) in [4.78, 5) is 22.9. The predicted octanol–water partition coefficient (Wildman–Crippen LogP) is 2.90. The molecule has 2 amide bonds. The molecule has 0 spiro atoms. The van der Waals surface area contributed by atoms with Gasteiger partial charge in [-0.25, -0.2) is 10.2 Å². The van der Waals surface area contributed by atoms with Crippen molar-refractivity contribution in [3.63, 3.8) is 0 Å². The number of rotatable bonds is 5. The Kier molecular flexibility index (Phi) is 6.19. The van der Waals surface area contributed by atoms with Gasteiger partial charge in [0.2, 0.25) is 0 Å². The molecule has 0 radical (unpaired) electrons. The van der Waals surface area contributed by atoms with Crippen LogP contribution in [0, 0.1) is 0 Å². The van der Waals surface area contributed by atoms with Crippen LogP contribution in [-0.4, -0.2) is 25.2 Å². The number of hydrogen-bond donors (Lipinski definition) is 2. The lowest BCUT2D eigenvalue weighted by Gasteiger charge is -2.17. The number of benzene rings is 2. The van der Waals surface area contributed by atoms with Gasteiger partial charge >= 0.3 is 6.09 Å². The first kappa shape index (κ1) is 17.3. The highest BCUT2D eigenvalue weighted by Gasteiger charge is 2.19. The largest absolute Gasteiger partial charge is 0.481 e. The fraction of sp³-hybridized carbons (Fsp3) is 0.222. The smallest absolute Gasteiger partial charge is 0.425 e. The van der Waals surface area contributed by atoms with Gasteiger partial charge in [-0.1, -0.05) is 49.4 Å². The van der Waals surface area contributed by atoms with Crippen molar-refractivity contribution in [2.45, 2.75) is 19.4 Å². The maximum absolute atomic E-state index is 12.0. The average molecular weight is 328 g/mol. The standard InChI is InChI=1S/C18H20N2O4/c1-3-16(17(21)19-20-18(22)23-2)24-15-11-9-14(10-12-15)13-7-5-4-6-8-13/h4-12,16H,3H2,1-2H3,(H,19,21)(H,20,22). The Morgan fingerprint density at radius 1 is 0.958 bits per heavy atom. The summed E-state index contributed by atoms with van der Waals surface area (Å²) in [6.45, 7) is 1.82. The summed E-state index contributed by atoms with van der Waals surface area (Å²) in [7, 11) is 1.21. The average Bonchev–Trinajstić information content (AvgIpc) is 2.65. The van der Waals surface area contributed by atoms with Gasteiger partial charge in [0.25, 0.3) is 5.91 Å². The van der Waals surface area contributed by atoms with Crippen LogP contribution in [0.15, 0.2) is 54.6 Å². The van der Waals surface area contributed by atoms with Gasteiger partial charge in [-0.3, -0.25) is 10.2 Å². The van der Waals surface area contributed by atoms with Crippen molar-refractivity contribution in [1.29, 1.82) is 0 Å². The first-order chi connectivity index (χ1) is 11.6. The van der Waals surface area contributed by atoms with Crippen LogP contribution in [0.1, 0.15) is 13.3 Å². The fourth-order valence-corrected chi connectivity index (χ4v) is 2.09. The number of nitrogens with one attached hydrogen (secondary N) is 2. The van der Waals surface area contributed by atoms with Gasteiger partial charge in [-0.05, 0) is 29.7 Å². The summed E-state index contributed by atoms with van der Waals surface area (Å²) in [5.74, 6) is 0.129. The van der Waals surface area contributed by atoms with Crippen molar-refractivity contribution in [2.75, 3.05) is 7.11 Å². The van der Waals surface area contributed by atoms with Gasteiger partial charge < -0.3 is 9.47 Å². The monoisotopic (exact) mass is 328 g/mol. The third-order valence-corrected chi connectivity index (χ3v) is 3.38. The molecule has 24 heavy (non-hydrogen) atoms. The Morgan fingerprint density at radius 2 is 1.58 bits per heavy atom. The number of methoxy groups -OCH3 is 1. The molecule has 0 fully saturated rings. The number of hydrogen-bond acceptors (Lipinski definition) is 4. The lowest BCUT2D eigenvalue weighted by atomic mass is 10.1. The van der Waals surface area contributed by atoms with Crippen LogP contribution in [0.25, 0.3) is 11.1 Å². The normalized spacial score (nSPS) is 11.2. The van der Waals surface area contributed by atoms with Crippen molar-refractivity contribution < 1.29 is 19.1 Å². The van der Waals surface area contributed by atoms with Crippen LogP contribution in [0.4, 0.5) is 4.79 Å². The summed E-state index contributed by atoms with van der Waals surface area (Å²) in [5.41, 5.74) is 6.55. The van der Waals surface area contributed by atoms with Crippen LogP contribution in [0.2, 0.25) is 0 Å². The van der Waals surface area contributed by atoms with Crippen molar-refractivity contribution in [1.82, 2.24) is 10.9 Å². The Bertz CT molecular complexity index is 671. The Labute approximate surface area is 140 Å². The van der Waals surface area contributed by atoms with Gasteiger partial charge in [0.15, 0.2) is 6.10 Å². The van der Waals surface area contributed by atoms with E-state index >= 15 is 0 Å². The molecule has 0 aromatic heterocycles. The van der Waals surface area contributed by atoms with E-state index in [-0.39, 0.29) is 0 Å². The minimum atomic E-state index is -0.745. The zero-order valence-electron chi connectivity index (χ0n) is 13.6. The molecular weight excluding hydrogens is 308 g/mol. The molecule has 0 aliphatic carbocycles. The van der Waals surface area contributed by atoms with Crippen molar-refractivity contribution in [3.05, 3.63) is 54.6 Å². The zero-order chi connectivity index (χ0) is 17.4. The van der Waals surface area contributed by atoms with E-state index in [1.54, 1.807) is 0 Å². The summed E-state index contributed by atoms with van der Waals surface area (Å²) >= 11 is 0. The second-order valence-corrected chi connectivity index (χ2v) is 5.01. The molecule has 2 rings (SSSR count). The topological polar surface area (TPSA) is 76.7 Å². The Morgan fingerprint density at radius 3 is 2.17 bits per heavy atom. The van der Waals surface area contributed by atoms with Crippen LogP contribution in [0.5, 0.6) is 5.75 Å². The molecule has 0 heterocycles. The molecular formula is C18H20N2O4. The number of ether oxygens (including phenoxy) is 2. The molecule has 6 nitrogen and oxygen atoms in total. The summed E-state index contributed by atoms with van der Waals surface area (Å²) in [6.07, 6.45) is -1.01. The van der Waals surface area contributed by atoms with Crippen LogP contribution >= 0.6 is 0 Å². The third kappa shape index (κ3) is 4.74. The summed E-state index contributed by atoms with van der Waals surface area (Å²) in [6, 6.07) is 17.5. The first-order valence-corrected chi connectivity index (χ1v) is 7.60. The maximum Gasteiger partial charge on any atom is 0.425 e. The second kappa shape index (κ2) is 8.57. The minimum absolute atomic E-state index is 0.449. The molecule has 2 aromatic carbocycles. The molecule has 0 bridgehead atoms. The molecule has 6 heteroatoms. The molecule has 2 aromatic rings. The lowest BCUT2D eigenvalue weighted by Crippen LogP contribution is -2.47. The lowest BCUT2D eigenvalue weighted by molar-refractivity contribution is -0.129. The number of amides is 2. The fourth-order valence-electron chi connectivity index (χ4n) is 2.09. The number of hydrazine groups is 1. The van der Waals surface area contributed by atoms with Crippen LogP contribution in [0.3, 0.4) is 0 Å². The van der Waals surface area contributed by atoms with Crippen LogP contribution < -0.4 is 15.6 Å². The SMILES string of the molecule is CCC(Oc1ccc(-c2ccccc2)cc1)C(=O)NNC(=O)OC. The molecule has 126 valence electrons. The molecule has 0 aliphatic heterocycles. The first-order valence-electron chi connectivity index (χ1n) is 7.60. The highest BCUT2D eigenvalue weighted by atomic mass is 16.5. The van der Waals surface area contributed by atoms with Crippen molar-refractivity contribution in [3.8, 4) is 16.9 Å². The minimum Gasteiger partial charge on any atom is -0.481 e. The van der Waals surface area contributed by atoms with E-state index in [2.05, 4.69) is 15.6 Å². The highest BCUT2D eigenvalue weighted by molar-refractivity contribution is 5.83. The van der Waals surface area contributed by atoms with E-state index in [1.165, 1.54) is 7.11 Å². The Hall–Kier alpha value is -3.02. The quantitative estimate of drug-likeness (QED) is 0.828. The molecule has 0 saturated heterocycles. The molecule has 1 atom stereocenters. The second-order valence-electron chi connectivity index (χ2n) is 5.01. The van der Waals surface area contributed by atoms with Gasteiger partial charge in [0.1, 0.15) is 5.75 Å². The summed E-state index contributed by atoms with van der Waals surface area (Å²) in [5, 5.41) is 0. The van der Waals surface area contributed by atoms with E-state index in [1.807, 2.05) is 61.5 Å². The van der Waals surface area contributed by atoms with Gasteiger partial charge in [0.05, 0.1) is 7.11 Å². The molecule has 1 unspecified atom stereocenters. The summed E-state index contributed by atoms with van der Waals surface area (Å²) < 4.78 is 10.1. The van der Waals surface area contributed by atoms with Crippen molar-refractivity contribution >= 4 is 12.0 Å². The van der Waals surface area contributed by atoms with Gasteiger partial charge in [-0.15, -0.1) is 0 Å². The highest BCUT2D eigenvalue weighted by Crippen LogP contribution is 2.22. The number of carbonyl (C=O) groups excluding carboxylic acids is 2. The molecule has 0 saturated carbocycles. The van der Waals surface area contributed by atoms with E-state index in [0.717, 1.165) is 11.1 Å². The number of carbonyl (C=O) groups is 2. The predicted molar refractivity (Wildman–Crippen MR) is 90.3 cm³/mol. The third-order valence-electron chi connectivity index (χ3n) is 3.38. The van der Waals surface area contributed by atoms with Gasteiger partial charge in [-0.2, -0.15) is 0 Å². The van der Waals surface area contributed by atoms with E-state index < -0.39 is 18.1 Å². The molecule has 2 N–H and O–H groups in total. The van der Waals surface area contributed by atoms with E-state index in [0.29, 0.717) is 12.2 Å². The molecule has 0 aliphatic rings. The van der Waals surface area contributed by atoms with Gasteiger partial charge in [0, 0.05) is 0 Å². The maximum atomic E-state index is 12.0. The Balaban J connectivity index is 1.98. The zero-order valence-corrected chi connectivity index (χ0v) is 13.6.